The third-order valence-corrected chi connectivity index (χ3v) is 1.65. The van der Waals surface area contributed by atoms with Gasteiger partial charge in [-0.2, -0.15) is 8.78 Å². The fraction of sp³-hybridized carbons (Fsp3) is 0.200. The number of halogens is 2. The van der Waals surface area contributed by atoms with Crippen LogP contribution in [0.5, 0.6) is 0 Å². The lowest BCUT2D eigenvalue weighted by atomic mass is 10.0. The van der Waals surface area contributed by atoms with E-state index in [4.69, 9.17) is 5.11 Å². The van der Waals surface area contributed by atoms with Crippen LogP contribution in [0.3, 0.4) is 0 Å². The van der Waals surface area contributed by atoms with E-state index in [1.165, 1.54) is 18.1 Å². The molecule has 0 aliphatic carbocycles. The molecule has 1 unspecified atom stereocenters. The van der Waals surface area contributed by atoms with Gasteiger partial charge in [0.15, 0.2) is 6.10 Å². The van der Waals surface area contributed by atoms with E-state index < -0.39 is 12.0 Å². The molecule has 3 heteroatoms. The van der Waals surface area contributed by atoms with E-state index in [2.05, 4.69) is 6.42 Å². The van der Waals surface area contributed by atoms with E-state index in [9.17, 15) is 8.78 Å². The molecule has 0 saturated heterocycles. The summed E-state index contributed by atoms with van der Waals surface area (Å²) in [7, 11) is 0. The third-order valence-electron chi connectivity index (χ3n) is 1.65. The predicted molar refractivity (Wildman–Crippen MR) is 45.2 cm³/mol. The van der Waals surface area contributed by atoms with E-state index in [1.807, 2.05) is 0 Å². The van der Waals surface area contributed by atoms with Gasteiger partial charge in [0, 0.05) is 0 Å². The minimum absolute atomic E-state index is 0.116. The van der Waals surface area contributed by atoms with Crippen molar-refractivity contribution >= 4 is 0 Å². The molecule has 0 saturated carbocycles. The average Bonchev–Trinajstić information content (AvgIpc) is 2.18. The Morgan fingerprint density at radius 1 is 1.31 bits per heavy atom. The van der Waals surface area contributed by atoms with Crippen LogP contribution in [0, 0.1) is 12.3 Å². The Bertz CT molecular complexity index is 313. The molecule has 0 bridgehead atoms. The zero-order chi connectivity index (χ0) is 9.90. The second-order valence-corrected chi connectivity index (χ2v) is 2.58. The molecule has 0 radical (unpaired) electrons. The van der Waals surface area contributed by atoms with Crippen molar-refractivity contribution in [2.45, 2.75) is 12.0 Å². The Morgan fingerprint density at radius 3 is 2.31 bits per heavy atom. The zero-order valence-electron chi connectivity index (χ0n) is 6.74. The summed E-state index contributed by atoms with van der Waals surface area (Å²) < 4.78 is 25.5. The second kappa shape index (κ2) is 3.55. The molecule has 0 aliphatic heterocycles. The van der Waals surface area contributed by atoms with Crippen LogP contribution in [0.15, 0.2) is 30.3 Å². The first kappa shape index (κ1) is 9.69. The van der Waals surface area contributed by atoms with Gasteiger partial charge in [0.25, 0.3) is 0 Å². The van der Waals surface area contributed by atoms with Gasteiger partial charge in [-0.15, -0.1) is 6.42 Å². The van der Waals surface area contributed by atoms with Gasteiger partial charge < -0.3 is 5.11 Å². The molecule has 13 heavy (non-hydrogen) atoms. The largest absolute Gasteiger partial charge is 0.381 e. The topological polar surface area (TPSA) is 20.2 Å². The van der Waals surface area contributed by atoms with E-state index >= 15 is 0 Å². The van der Waals surface area contributed by atoms with E-state index in [-0.39, 0.29) is 5.56 Å². The molecule has 1 nitrogen and oxygen atoms in total. The number of rotatable bonds is 2. The van der Waals surface area contributed by atoms with Gasteiger partial charge in [-0.1, -0.05) is 30.3 Å². The van der Waals surface area contributed by atoms with Crippen LogP contribution >= 0.6 is 0 Å². The third kappa shape index (κ3) is 2.04. The summed E-state index contributed by atoms with van der Waals surface area (Å²) in [6, 6.07) is 7.59. The maximum absolute atomic E-state index is 12.7. The van der Waals surface area contributed by atoms with Crippen molar-refractivity contribution in [1.29, 1.82) is 0 Å². The molecule has 1 aromatic carbocycles. The van der Waals surface area contributed by atoms with Crippen LogP contribution in [-0.2, 0) is 0 Å². The molecule has 0 amide bonds. The van der Waals surface area contributed by atoms with Crippen LogP contribution in [0.2, 0.25) is 0 Å². The minimum atomic E-state index is -3.51. The molecule has 1 aromatic rings. The van der Waals surface area contributed by atoms with Crippen LogP contribution < -0.4 is 0 Å². The van der Waals surface area contributed by atoms with E-state index in [0.29, 0.717) is 0 Å². The lowest BCUT2D eigenvalue weighted by molar-refractivity contribution is -0.0634. The Kier molecular flexibility index (Phi) is 2.64. The number of alkyl halides is 2. The summed E-state index contributed by atoms with van der Waals surface area (Å²) in [5, 5.41) is 9.16. The molecule has 68 valence electrons. The number of terminal acetylenes is 1. The number of hydrogen-bond acceptors (Lipinski definition) is 1. The van der Waals surface area contributed by atoms with Crippen molar-refractivity contribution < 1.29 is 13.9 Å². The molecule has 0 heterocycles. The highest BCUT2D eigenvalue weighted by molar-refractivity contribution is 5.23. The summed E-state index contributed by atoms with van der Waals surface area (Å²) in [4.78, 5) is 0. The molecule has 1 rings (SSSR count). The number of hydrogen-bond donors (Lipinski definition) is 1. The molecule has 0 spiro atoms. The first-order chi connectivity index (χ1) is 6.08. The monoisotopic (exact) mass is 182 g/mol. The quantitative estimate of drug-likeness (QED) is 0.693. The fourth-order valence-electron chi connectivity index (χ4n) is 0.924. The Labute approximate surface area is 75.0 Å². The number of aliphatic hydroxyl groups is 1. The summed E-state index contributed by atoms with van der Waals surface area (Å²) in [6.45, 7) is 0. The molecule has 1 atom stereocenters. The molecule has 0 fully saturated rings. The van der Waals surface area contributed by atoms with Crippen molar-refractivity contribution in [2.24, 2.45) is 0 Å². The van der Waals surface area contributed by atoms with Crippen molar-refractivity contribution in [2.75, 3.05) is 0 Å². The van der Waals surface area contributed by atoms with Gasteiger partial charge in [0.2, 0.25) is 0 Å². The standard InChI is InChI=1S/C10H8F2O/c1-2-10(11,12)9(13)8-6-4-3-5-7-8/h1,3-7,9,13H. The minimum Gasteiger partial charge on any atom is -0.381 e. The van der Waals surface area contributed by atoms with Gasteiger partial charge in [0.1, 0.15) is 0 Å². The fourth-order valence-corrected chi connectivity index (χ4v) is 0.924. The molecule has 0 aromatic heterocycles. The van der Waals surface area contributed by atoms with Gasteiger partial charge in [0.05, 0.1) is 0 Å². The Hall–Kier alpha value is -1.40. The van der Waals surface area contributed by atoms with Gasteiger partial charge in [-0.3, -0.25) is 0 Å². The smallest absolute Gasteiger partial charge is 0.337 e. The summed E-state index contributed by atoms with van der Waals surface area (Å²) in [5.41, 5.74) is 0.116. The highest BCUT2D eigenvalue weighted by atomic mass is 19.3. The first-order valence-electron chi connectivity index (χ1n) is 3.66. The van der Waals surface area contributed by atoms with Gasteiger partial charge >= 0.3 is 5.92 Å². The SMILES string of the molecule is C#CC(F)(F)C(O)c1ccccc1. The van der Waals surface area contributed by atoms with Crippen molar-refractivity contribution in [1.82, 2.24) is 0 Å². The van der Waals surface area contributed by atoms with Crippen molar-refractivity contribution in [3.8, 4) is 12.3 Å². The molecule has 1 N–H and O–H groups in total. The Balaban J connectivity index is 2.94. The average molecular weight is 182 g/mol. The van der Waals surface area contributed by atoms with Crippen LogP contribution in [-0.4, -0.2) is 11.0 Å². The summed E-state index contributed by atoms with van der Waals surface area (Å²) in [6.07, 6.45) is 2.65. The Morgan fingerprint density at radius 2 is 1.85 bits per heavy atom. The highest BCUT2D eigenvalue weighted by Gasteiger charge is 2.36. The molecular formula is C10H8F2O. The number of benzene rings is 1. The van der Waals surface area contributed by atoms with Crippen LogP contribution in [0.1, 0.15) is 11.7 Å². The maximum Gasteiger partial charge on any atom is 0.337 e. The highest BCUT2D eigenvalue weighted by Crippen LogP contribution is 2.29. The molecule has 0 aliphatic rings. The molecular weight excluding hydrogens is 174 g/mol. The predicted octanol–water partition coefficient (Wildman–Crippen LogP) is 1.99. The van der Waals surface area contributed by atoms with Gasteiger partial charge in [-0.25, -0.2) is 0 Å². The van der Waals surface area contributed by atoms with Crippen LogP contribution in [0.4, 0.5) is 8.78 Å². The van der Waals surface area contributed by atoms with Gasteiger partial charge in [-0.05, 0) is 11.5 Å². The normalized spacial score (nSPS) is 13.4. The van der Waals surface area contributed by atoms with Crippen molar-refractivity contribution in [3.05, 3.63) is 35.9 Å². The summed E-state index contributed by atoms with van der Waals surface area (Å²) >= 11 is 0. The van der Waals surface area contributed by atoms with Crippen molar-refractivity contribution in [3.63, 3.8) is 0 Å². The lowest BCUT2D eigenvalue weighted by Gasteiger charge is -2.16. The second-order valence-electron chi connectivity index (χ2n) is 2.58. The van der Waals surface area contributed by atoms with Crippen LogP contribution in [0.25, 0.3) is 0 Å². The van der Waals surface area contributed by atoms with E-state index in [0.717, 1.165) is 0 Å². The lowest BCUT2D eigenvalue weighted by Crippen LogP contribution is -2.23. The maximum atomic E-state index is 12.7. The number of aliphatic hydroxyl groups excluding tert-OH is 1. The van der Waals surface area contributed by atoms with E-state index in [1.54, 1.807) is 18.2 Å². The first-order valence-corrected chi connectivity index (χ1v) is 3.66. The summed E-state index contributed by atoms with van der Waals surface area (Å²) in [5.74, 6) is -2.26. The zero-order valence-corrected chi connectivity index (χ0v) is 6.74.